The van der Waals surface area contributed by atoms with Crippen molar-refractivity contribution in [3.63, 3.8) is 0 Å². The topological polar surface area (TPSA) is 315 Å². The third-order valence-electron chi connectivity index (χ3n) is 9.59. The predicted molar refractivity (Wildman–Crippen MR) is 198 cm³/mol. The van der Waals surface area contributed by atoms with Crippen LogP contribution in [0, 0.1) is 11.8 Å². The Hall–Kier alpha value is -5.59. The lowest BCUT2D eigenvalue weighted by Gasteiger charge is -2.31. The molecule has 55 heavy (non-hydrogen) atoms. The van der Waals surface area contributed by atoms with Gasteiger partial charge in [0.2, 0.25) is 47.3 Å². The van der Waals surface area contributed by atoms with Gasteiger partial charge in [0.25, 0.3) is 0 Å². The maximum absolute atomic E-state index is 13.8. The number of hydrogen-bond acceptors (Lipinski definition) is 10. The normalized spacial score (nSPS) is 17.5. The minimum atomic E-state index is -1.62. The molecular formula is C36H55N9O10. The van der Waals surface area contributed by atoms with Crippen LogP contribution >= 0.6 is 0 Å². The first-order valence-corrected chi connectivity index (χ1v) is 18.3. The van der Waals surface area contributed by atoms with E-state index in [0.29, 0.717) is 24.8 Å². The molecule has 12 N–H and O–H groups in total. The summed E-state index contributed by atoms with van der Waals surface area (Å²) in [6.45, 7) is 6.51. The van der Waals surface area contributed by atoms with Gasteiger partial charge in [-0.15, -0.1) is 0 Å². The van der Waals surface area contributed by atoms with Gasteiger partial charge in [-0.25, -0.2) is 4.79 Å². The summed E-state index contributed by atoms with van der Waals surface area (Å²) in [5, 5.41) is 22.2. The van der Waals surface area contributed by atoms with E-state index in [4.69, 9.17) is 17.2 Å². The molecule has 1 heterocycles. The Morgan fingerprint density at radius 3 is 1.84 bits per heavy atom. The highest BCUT2D eigenvalue weighted by molar-refractivity contribution is 5.99. The monoisotopic (exact) mass is 773 g/mol. The number of carbonyl (C=O) groups is 9. The molecule has 2 rings (SSSR count). The minimum absolute atomic E-state index is 0.0215. The van der Waals surface area contributed by atoms with Crippen LogP contribution in [0.1, 0.15) is 71.8 Å². The first-order chi connectivity index (χ1) is 25.9. The number of primary amides is 2. The number of nitrogens with one attached hydrogen (secondary N) is 5. The molecule has 0 unspecified atom stereocenters. The predicted octanol–water partition coefficient (Wildman–Crippen LogP) is -2.47. The number of likely N-dealkylation sites (tertiary alicyclic amines) is 1. The number of carbonyl (C=O) groups excluding carboxylic acids is 8. The summed E-state index contributed by atoms with van der Waals surface area (Å²) in [5.41, 5.74) is 16.9. The molecule has 1 aliphatic rings. The van der Waals surface area contributed by atoms with Crippen molar-refractivity contribution in [3.05, 3.63) is 35.9 Å². The van der Waals surface area contributed by atoms with Crippen LogP contribution in [0.2, 0.25) is 0 Å². The number of hydrogen-bond donors (Lipinski definition) is 9. The number of nitrogens with two attached hydrogens (primary N) is 3. The molecule has 0 bridgehead atoms. The molecule has 19 nitrogen and oxygen atoms in total. The van der Waals surface area contributed by atoms with Crippen molar-refractivity contribution >= 4 is 53.2 Å². The van der Waals surface area contributed by atoms with Gasteiger partial charge in [-0.05, 0) is 30.2 Å². The van der Waals surface area contributed by atoms with Crippen molar-refractivity contribution < 1.29 is 48.3 Å². The number of benzene rings is 1. The van der Waals surface area contributed by atoms with Gasteiger partial charge in [0, 0.05) is 13.0 Å². The van der Waals surface area contributed by atoms with Gasteiger partial charge in [-0.1, -0.05) is 70.9 Å². The lowest BCUT2D eigenvalue weighted by Crippen LogP contribution is -2.60. The van der Waals surface area contributed by atoms with E-state index in [1.807, 2.05) is 0 Å². The standard InChI is InChI=1S/C36H55N9O10/c1-5-19(3)29(43-28(48)18-37)34(52)42-24(17-27(39)47)35(53)45-14-10-13-25(45)33(51)41-23(16-26(38)46)31(49)40-22(15-21-11-8-7-9-12-21)32(50)44-30(36(54)55)20(4)6-2/h7-9,11-12,19-20,22-25,29-30H,5-6,10,13-18,37H2,1-4H3,(H2,38,46)(H2,39,47)(H,40,49)(H,41,51)(H,42,52)(H,43,48)(H,44,50)(H,54,55)/t19-,20-,22-,23-,24-,25-,29-,30-/m0/s1. The van der Waals surface area contributed by atoms with E-state index >= 15 is 0 Å². The molecular weight excluding hydrogens is 718 g/mol. The third-order valence-corrected chi connectivity index (χ3v) is 9.59. The molecule has 0 saturated carbocycles. The van der Waals surface area contributed by atoms with Gasteiger partial charge in [0.05, 0.1) is 19.4 Å². The number of rotatable bonds is 22. The Balaban J connectivity index is 2.34. The number of carboxylic acid groups (broad SMARTS) is 1. The minimum Gasteiger partial charge on any atom is -0.480 e. The maximum atomic E-state index is 13.8. The van der Waals surface area contributed by atoms with Crippen LogP contribution in [-0.2, 0) is 49.6 Å². The van der Waals surface area contributed by atoms with Crippen LogP contribution in [0.3, 0.4) is 0 Å². The average Bonchev–Trinajstić information content (AvgIpc) is 3.64. The zero-order valence-electron chi connectivity index (χ0n) is 31.7. The summed E-state index contributed by atoms with van der Waals surface area (Å²) in [4.78, 5) is 117. The molecule has 304 valence electrons. The van der Waals surface area contributed by atoms with Crippen LogP contribution in [0.25, 0.3) is 0 Å². The van der Waals surface area contributed by atoms with Crippen molar-refractivity contribution in [1.82, 2.24) is 31.5 Å². The Bertz CT molecular complexity index is 1560. The second-order valence-corrected chi connectivity index (χ2v) is 13.7. The number of amides is 8. The first kappa shape index (κ1) is 45.6. The largest absolute Gasteiger partial charge is 0.480 e. The summed E-state index contributed by atoms with van der Waals surface area (Å²) in [6.07, 6.45) is -0.0948. The van der Waals surface area contributed by atoms with Gasteiger partial charge < -0.3 is 53.8 Å². The fraction of sp³-hybridized carbons (Fsp3) is 0.583. The second-order valence-electron chi connectivity index (χ2n) is 13.7. The van der Waals surface area contributed by atoms with Crippen molar-refractivity contribution in [3.8, 4) is 0 Å². The smallest absolute Gasteiger partial charge is 0.326 e. The number of carboxylic acids is 1. The summed E-state index contributed by atoms with van der Waals surface area (Å²) in [6, 6.07) is 0.461. The fourth-order valence-electron chi connectivity index (χ4n) is 6.05. The first-order valence-electron chi connectivity index (χ1n) is 18.3. The highest BCUT2D eigenvalue weighted by atomic mass is 16.4. The molecule has 0 aromatic heterocycles. The van der Waals surface area contributed by atoms with Crippen LogP contribution < -0.4 is 43.8 Å². The molecule has 0 aliphatic carbocycles. The van der Waals surface area contributed by atoms with E-state index in [0.717, 1.165) is 4.90 Å². The molecule has 0 radical (unpaired) electrons. The molecule has 1 saturated heterocycles. The summed E-state index contributed by atoms with van der Waals surface area (Å²) < 4.78 is 0. The van der Waals surface area contributed by atoms with Crippen LogP contribution in [0.15, 0.2) is 30.3 Å². The fourth-order valence-corrected chi connectivity index (χ4v) is 6.05. The van der Waals surface area contributed by atoms with E-state index in [1.165, 1.54) is 0 Å². The molecule has 8 amide bonds. The summed E-state index contributed by atoms with van der Waals surface area (Å²) in [5.74, 6) is -8.92. The summed E-state index contributed by atoms with van der Waals surface area (Å²) in [7, 11) is 0. The number of aliphatic carboxylic acids is 1. The van der Waals surface area contributed by atoms with Gasteiger partial charge in [0.1, 0.15) is 36.3 Å². The van der Waals surface area contributed by atoms with Gasteiger partial charge in [-0.2, -0.15) is 0 Å². The highest BCUT2D eigenvalue weighted by Gasteiger charge is 2.41. The van der Waals surface area contributed by atoms with Crippen molar-refractivity contribution in [2.45, 2.75) is 109 Å². The number of nitrogens with zero attached hydrogens (tertiary/aromatic N) is 1. The van der Waals surface area contributed by atoms with E-state index < -0.39 is 121 Å². The quantitative estimate of drug-likeness (QED) is 0.0595. The Morgan fingerprint density at radius 1 is 0.745 bits per heavy atom. The van der Waals surface area contributed by atoms with Crippen LogP contribution in [0.4, 0.5) is 0 Å². The second kappa shape index (κ2) is 21.9. The van der Waals surface area contributed by atoms with Crippen LogP contribution in [0.5, 0.6) is 0 Å². The molecule has 1 aromatic carbocycles. The summed E-state index contributed by atoms with van der Waals surface area (Å²) >= 11 is 0. The lowest BCUT2D eigenvalue weighted by molar-refractivity contribution is -0.144. The molecule has 1 fully saturated rings. The Kier molecular flexibility index (Phi) is 18.2. The Morgan fingerprint density at radius 2 is 1.29 bits per heavy atom. The van der Waals surface area contributed by atoms with Gasteiger partial charge >= 0.3 is 5.97 Å². The molecule has 0 spiro atoms. The van der Waals surface area contributed by atoms with E-state index in [2.05, 4.69) is 26.6 Å². The SMILES string of the molecule is CC[C@H](C)[C@H](NC(=O)[C@H](Cc1ccccc1)NC(=O)[C@H](CC(N)=O)NC(=O)[C@@H]1CCCN1C(=O)[C@H](CC(N)=O)NC(=O)[C@@H](NC(=O)CN)[C@@H](C)CC)C(=O)O. The van der Waals surface area contributed by atoms with Crippen molar-refractivity contribution in [1.29, 1.82) is 0 Å². The lowest BCUT2D eigenvalue weighted by atomic mass is 9.97. The van der Waals surface area contributed by atoms with E-state index in [9.17, 15) is 48.3 Å². The molecule has 8 atom stereocenters. The highest BCUT2D eigenvalue weighted by Crippen LogP contribution is 2.20. The van der Waals surface area contributed by atoms with Crippen molar-refractivity contribution in [2.24, 2.45) is 29.0 Å². The maximum Gasteiger partial charge on any atom is 0.326 e. The van der Waals surface area contributed by atoms with E-state index in [-0.39, 0.29) is 19.4 Å². The molecule has 1 aliphatic heterocycles. The van der Waals surface area contributed by atoms with Crippen molar-refractivity contribution in [2.75, 3.05) is 13.1 Å². The van der Waals surface area contributed by atoms with E-state index in [1.54, 1.807) is 58.0 Å². The van der Waals surface area contributed by atoms with Crippen LogP contribution in [-0.4, -0.2) is 113 Å². The Labute approximate surface area is 319 Å². The third kappa shape index (κ3) is 14.0. The van der Waals surface area contributed by atoms with Gasteiger partial charge in [0.15, 0.2) is 0 Å². The molecule has 1 aromatic rings. The zero-order chi connectivity index (χ0) is 41.4. The average molecular weight is 774 g/mol. The zero-order valence-corrected chi connectivity index (χ0v) is 31.7. The van der Waals surface area contributed by atoms with Gasteiger partial charge in [-0.3, -0.25) is 38.4 Å². The molecule has 19 heteroatoms.